The lowest BCUT2D eigenvalue weighted by molar-refractivity contribution is -0.141. The van der Waals surface area contributed by atoms with Crippen molar-refractivity contribution in [1.82, 2.24) is 9.78 Å². The van der Waals surface area contributed by atoms with E-state index in [0.29, 0.717) is 13.0 Å². The maximum Gasteiger partial charge on any atom is 0.435 e. The number of alkyl halides is 3. The molecule has 1 rings (SSSR count). The minimum absolute atomic E-state index is 0.386. The molecule has 0 fully saturated rings. The second kappa shape index (κ2) is 4.18. The van der Waals surface area contributed by atoms with Crippen LogP contribution in [0.3, 0.4) is 0 Å². The zero-order valence-corrected chi connectivity index (χ0v) is 7.60. The van der Waals surface area contributed by atoms with Gasteiger partial charge in [-0.3, -0.25) is 4.68 Å². The van der Waals surface area contributed by atoms with E-state index in [9.17, 15) is 13.2 Å². The maximum atomic E-state index is 12.1. The third-order valence-corrected chi connectivity index (χ3v) is 1.57. The highest BCUT2D eigenvalue weighted by Crippen LogP contribution is 2.27. The van der Waals surface area contributed by atoms with Gasteiger partial charge in [-0.15, -0.1) is 11.8 Å². The second-order valence-corrected chi connectivity index (χ2v) is 2.64. The van der Waals surface area contributed by atoms with Crippen LogP contribution in [0.4, 0.5) is 13.2 Å². The average Bonchev–Trinajstić information content (AvgIpc) is 2.52. The molecule has 1 heterocycles. The largest absolute Gasteiger partial charge is 0.435 e. The molecular formula is C9H9F3N2. The SMILES string of the molecule is CC#CCCn1ccc(C(F)(F)F)n1. The fourth-order valence-electron chi connectivity index (χ4n) is 0.933. The number of hydrogen-bond donors (Lipinski definition) is 0. The molecule has 14 heavy (non-hydrogen) atoms. The molecule has 0 unspecified atom stereocenters. The number of rotatable bonds is 2. The molecule has 0 atom stereocenters. The zero-order chi connectivity index (χ0) is 10.6. The average molecular weight is 202 g/mol. The van der Waals surface area contributed by atoms with Crippen molar-refractivity contribution in [3.63, 3.8) is 0 Å². The number of halogens is 3. The van der Waals surface area contributed by atoms with Gasteiger partial charge in [0.15, 0.2) is 5.69 Å². The summed E-state index contributed by atoms with van der Waals surface area (Å²) in [5, 5.41) is 3.38. The van der Waals surface area contributed by atoms with Crippen molar-refractivity contribution < 1.29 is 13.2 Å². The van der Waals surface area contributed by atoms with Gasteiger partial charge in [-0.25, -0.2) is 0 Å². The first-order chi connectivity index (χ1) is 6.54. The van der Waals surface area contributed by atoms with Gasteiger partial charge in [0, 0.05) is 12.6 Å². The summed E-state index contributed by atoms with van der Waals surface area (Å²) in [6.45, 7) is 2.07. The Morgan fingerprint density at radius 3 is 2.71 bits per heavy atom. The Hall–Kier alpha value is -1.44. The summed E-state index contributed by atoms with van der Waals surface area (Å²) in [6, 6.07) is 0.958. The van der Waals surface area contributed by atoms with Crippen LogP contribution < -0.4 is 0 Å². The molecule has 1 aromatic heterocycles. The summed E-state index contributed by atoms with van der Waals surface area (Å²) in [6.07, 6.45) is -2.54. The quantitative estimate of drug-likeness (QED) is 0.673. The van der Waals surface area contributed by atoms with E-state index in [1.54, 1.807) is 6.92 Å². The summed E-state index contributed by atoms with van der Waals surface area (Å²) in [7, 11) is 0. The number of aromatic nitrogens is 2. The first kappa shape index (κ1) is 10.6. The predicted molar refractivity (Wildman–Crippen MR) is 45.3 cm³/mol. The van der Waals surface area contributed by atoms with E-state index in [-0.39, 0.29) is 0 Å². The Labute approximate surface area is 79.7 Å². The van der Waals surface area contributed by atoms with Gasteiger partial charge in [0.2, 0.25) is 0 Å². The zero-order valence-electron chi connectivity index (χ0n) is 7.60. The van der Waals surface area contributed by atoms with Crippen molar-refractivity contribution >= 4 is 0 Å². The Kier molecular flexibility index (Phi) is 3.18. The van der Waals surface area contributed by atoms with E-state index in [1.807, 2.05) is 0 Å². The molecule has 0 saturated carbocycles. The minimum atomic E-state index is -4.36. The normalized spacial score (nSPS) is 10.9. The molecule has 2 nitrogen and oxygen atoms in total. The van der Waals surface area contributed by atoms with Crippen LogP contribution in [0.15, 0.2) is 12.3 Å². The minimum Gasteiger partial charge on any atom is -0.271 e. The fraction of sp³-hybridized carbons (Fsp3) is 0.444. The van der Waals surface area contributed by atoms with E-state index in [0.717, 1.165) is 6.07 Å². The van der Waals surface area contributed by atoms with Gasteiger partial charge in [0.1, 0.15) is 0 Å². The molecule has 0 aliphatic rings. The van der Waals surface area contributed by atoms with Crippen molar-refractivity contribution in [3.05, 3.63) is 18.0 Å². The highest BCUT2D eigenvalue weighted by molar-refractivity contribution is 5.03. The van der Waals surface area contributed by atoms with Gasteiger partial charge < -0.3 is 0 Å². The van der Waals surface area contributed by atoms with Crippen molar-refractivity contribution in [3.8, 4) is 11.8 Å². The van der Waals surface area contributed by atoms with Crippen LogP contribution in [0.25, 0.3) is 0 Å². The van der Waals surface area contributed by atoms with Crippen molar-refractivity contribution in [2.24, 2.45) is 0 Å². The van der Waals surface area contributed by atoms with Gasteiger partial charge in [-0.2, -0.15) is 18.3 Å². The van der Waals surface area contributed by atoms with Crippen molar-refractivity contribution in [2.75, 3.05) is 0 Å². The predicted octanol–water partition coefficient (Wildman–Crippen LogP) is 2.32. The molecule has 5 heteroatoms. The van der Waals surface area contributed by atoms with Crippen LogP contribution in [0.1, 0.15) is 19.0 Å². The molecule has 1 aromatic rings. The van der Waals surface area contributed by atoms with Crippen molar-refractivity contribution in [1.29, 1.82) is 0 Å². The van der Waals surface area contributed by atoms with E-state index in [1.165, 1.54) is 10.9 Å². The molecule has 76 valence electrons. The molecule has 0 amide bonds. The van der Waals surface area contributed by atoms with E-state index >= 15 is 0 Å². The van der Waals surface area contributed by atoms with Crippen LogP contribution >= 0.6 is 0 Å². The van der Waals surface area contributed by atoms with Crippen LogP contribution in [0.5, 0.6) is 0 Å². The van der Waals surface area contributed by atoms with Gasteiger partial charge in [-0.1, -0.05) is 0 Å². The summed E-state index contributed by atoms with van der Waals surface area (Å²) >= 11 is 0. The Balaban J connectivity index is 2.63. The monoisotopic (exact) mass is 202 g/mol. The molecule has 0 radical (unpaired) electrons. The number of aryl methyl sites for hydroxylation is 1. The maximum absolute atomic E-state index is 12.1. The van der Waals surface area contributed by atoms with Crippen LogP contribution in [0, 0.1) is 11.8 Å². The smallest absolute Gasteiger partial charge is 0.271 e. The van der Waals surface area contributed by atoms with Crippen molar-refractivity contribution in [2.45, 2.75) is 26.1 Å². The standard InChI is InChI=1S/C9H9F3N2/c1-2-3-4-6-14-7-5-8(13-14)9(10,11)12/h5,7H,4,6H2,1H3. The van der Waals surface area contributed by atoms with Crippen LogP contribution in [0.2, 0.25) is 0 Å². The summed E-state index contributed by atoms with van der Waals surface area (Å²) in [5.74, 6) is 5.41. The molecule has 0 aliphatic heterocycles. The Bertz CT molecular complexity index is 354. The van der Waals surface area contributed by atoms with Gasteiger partial charge in [0.05, 0.1) is 6.54 Å². The third-order valence-electron chi connectivity index (χ3n) is 1.57. The lowest BCUT2D eigenvalue weighted by Crippen LogP contribution is -2.07. The number of nitrogens with zero attached hydrogens (tertiary/aromatic N) is 2. The summed E-state index contributed by atoms with van der Waals surface area (Å²) in [4.78, 5) is 0. The van der Waals surface area contributed by atoms with Crippen LogP contribution in [-0.2, 0) is 12.7 Å². The van der Waals surface area contributed by atoms with E-state index < -0.39 is 11.9 Å². The highest BCUT2D eigenvalue weighted by atomic mass is 19.4. The van der Waals surface area contributed by atoms with Gasteiger partial charge in [0.25, 0.3) is 0 Å². The molecule has 0 aromatic carbocycles. The Morgan fingerprint density at radius 1 is 1.50 bits per heavy atom. The van der Waals surface area contributed by atoms with Crippen LogP contribution in [-0.4, -0.2) is 9.78 Å². The molecule has 0 bridgehead atoms. The molecule has 0 saturated heterocycles. The first-order valence-corrected chi connectivity index (χ1v) is 4.04. The lowest BCUT2D eigenvalue weighted by Gasteiger charge is -2.00. The summed E-state index contributed by atoms with van der Waals surface area (Å²) in [5.41, 5.74) is -0.859. The summed E-state index contributed by atoms with van der Waals surface area (Å²) < 4.78 is 37.5. The molecule has 0 N–H and O–H groups in total. The van der Waals surface area contributed by atoms with E-state index in [2.05, 4.69) is 16.9 Å². The topological polar surface area (TPSA) is 17.8 Å². The first-order valence-electron chi connectivity index (χ1n) is 4.04. The highest BCUT2D eigenvalue weighted by Gasteiger charge is 2.33. The molecular weight excluding hydrogens is 193 g/mol. The van der Waals surface area contributed by atoms with E-state index in [4.69, 9.17) is 0 Å². The second-order valence-electron chi connectivity index (χ2n) is 2.64. The lowest BCUT2D eigenvalue weighted by atomic mass is 10.4. The molecule has 0 spiro atoms. The molecule has 0 aliphatic carbocycles. The fourth-order valence-corrected chi connectivity index (χ4v) is 0.933. The van der Waals surface area contributed by atoms with Gasteiger partial charge >= 0.3 is 6.18 Å². The Morgan fingerprint density at radius 2 is 2.21 bits per heavy atom. The van der Waals surface area contributed by atoms with Gasteiger partial charge in [-0.05, 0) is 13.0 Å². The third kappa shape index (κ3) is 2.80. The number of hydrogen-bond acceptors (Lipinski definition) is 1.